The van der Waals surface area contributed by atoms with Gasteiger partial charge in [-0.1, -0.05) is 31.2 Å². The van der Waals surface area contributed by atoms with Gasteiger partial charge in [0.2, 0.25) is 0 Å². The second-order valence-corrected chi connectivity index (χ2v) is 5.82. The summed E-state index contributed by atoms with van der Waals surface area (Å²) in [6, 6.07) is 14.9. The molecule has 0 aliphatic carbocycles. The van der Waals surface area contributed by atoms with Gasteiger partial charge in [0, 0.05) is 34.9 Å². The Balaban J connectivity index is 1.71. The van der Waals surface area contributed by atoms with Crippen molar-refractivity contribution in [1.29, 1.82) is 0 Å². The highest BCUT2D eigenvalue weighted by Crippen LogP contribution is 2.29. The zero-order valence-electron chi connectivity index (χ0n) is 12.0. The number of aromatic nitrogens is 1. The van der Waals surface area contributed by atoms with Crippen LogP contribution in [0.4, 0.5) is 5.69 Å². The summed E-state index contributed by atoms with van der Waals surface area (Å²) < 4.78 is 0. The number of nitrogens with zero attached hydrogens (tertiary/aromatic N) is 1. The number of nitrogens with one attached hydrogen (secondary N) is 1. The first-order valence-electron chi connectivity index (χ1n) is 7.16. The summed E-state index contributed by atoms with van der Waals surface area (Å²) in [6.07, 6.45) is 4.74. The summed E-state index contributed by atoms with van der Waals surface area (Å²) >= 11 is 1.76. The van der Waals surface area contributed by atoms with Gasteiger partial charge in [0.25, 0.3) is 0 Å². The molecule has 1 N–H and O–H groups in total. The number of rotatable bonds is 5. The number of aryl methyl sites for hydroxylation is 1. The average Bonchev–Trinajstić information content (AvgIpc) is 3.03. The van der Waals surface area contributed by atoms with E-state index in [1.54, 1.807) is 11.3 Å². The molecule has 0 radical (unpaired) electrons. The van der Waals surface area contributed by atoms with Crippen LogP contribution in [-0.4, -0.2) is 4.98 Å². The lowest BCUT2D eigenvalue weighted by Crippen LogP contribution is -2.01. The first kappa shape index (κ1) is 13.8. The predicted octanol–water partition coefficient (Wildman–Crippen LogP) is 4.98. The van der Waals surface area contributed by atoms with Gasteiger partial charge in [-0.05, 0) is 41.3 Å². The smallest absolute Gasteiger partial charge is 0.0458 e. The molecule has 2 heterocycles. The molecule has 0 aliphatic rings. The van der Waals surface area contributed by atoms with E-state index in [0.29, 0.717) is 0 Å². The minimum absolute atomic E-state index is 0.872. The van der Waals surface area contributed by atoms with E-state index in [2.05, 4.69) is 52.9 Å². The van der Waals surface area contributed by atoms with E-state index >= 15 is 0 Å². The van der Waals surface area contributed by atoms with E-state index in [0.717, 1.165) is 13.0 Å². The van der Waals surface area contributed by atoms with Gasteiger partial charge in [0.05, 0.1) is 0 Å². The molecule has 0 unspecified atom stereocenters. The number of hydrogen-bond donors (Lipinski definition) is 1. The van der Waals surface area contributed by atoms with E-state index in [4.69, 9.17) is 0 Å². The minimum atomic E-state index is 0.872. The molecule has 2 nitrogen and oxygen atoms in total. The standard InChI is InChI=1S/C18H18N2S/c1-2-14-5-3-4-6-16(14)12-20-17-11-18(21-13-17)15-7-9-19-10-8-15/h3-11,13,20H,2,12H2,1H3. The SMILES string of the molecule is CCc1ccccc1CNc1csc(-c2ccncc2)c1. The van der Waals surface area contributed by atoms with Crippen LogP contribution in [0, 0.1) is 0 Å². The molecule has 21 heavy (non-hydrogen) atoms. The molecule has 0 saturated heterocycles. The summed E-state index contributed by atoms with van der Waals surface area (Å²) in [5.41, 5.74) is 5.18. The Labute approximate surface area is 129 Å². The number of benzene rings is 1. The molecule has 2 aromatic heterocycles. The van der Waals surface area contributed by atoms with Crippen LogP contribution in [-0.2, 0) is 13.0 Å². The Morgan fingerprint density at radius 3 is 2.57 bits per heavy atom. The lowest BCUT2D eigenvalue weighted by atomic mass is 10.1. The van der Waals surface area contributed by atoms with Crippen LogP contribution in [0.3, 0.4) is 0 Å². The van der Waals surface area contributed by atoms with Crippen LogP contribution < -0.4 is 5.32 Å². The maximum atomic E-state index is 4.06. The second-order valence-electron chi connectivity index (χ2n) is 4.91. The highest BCUT2D eigenvalue weighted by Gasteiger charge is 2.03. The molecule has 3 heteroatoms. The van der Waals surface area contributed by atoms with E-state index < -0.39 is 0 Å². The van der Waals surface area contributed by atoms with Crippen molar-refractivity contribution in [3.63, 3.8) is 0 Å². The van der Waals surface area contributed by atoms with Crippen molar-refractivity contribution in [3.8, 4) is 10.4 Å². The predicted molar refractivity (Wildman–Crippen MR) is 90.7 cm³/mol. The molecule has 0 bridgehead atoms. The third-order valence-electron chi connectivity index (χ3n) is 3.55. The van der Waals surface area contributed by atoms with Crippen molar-refractivity contribution >= 4 is 17.0 Å². The maximum absolute atomic E-state index is 4.06. The van der Waals surface area contributed by atoms with Gasteiger partial charge in [-0.3, -0.25) is 4.98 Å². The maximum Gasteiger partial charge on any atom is 0.0458 e. The zero-order valence-corrected chi connectivity index (χ0v) is 12.9. The number of hydrogen-bond acceptors (Lipinski definition) is 3. The van der Waals surface area contributed by atoms with Crippen LogP contribution in [0.2, 0.25) is 0 Å². The lowest BCUT2D eigenvalue weighted by molar-refractivity contribution is 1.05. The van der Waals surface area contributed by atoms with Crippen molar-refractivity contribution in [1.82, 2.24) is 4.98 Å². The molecular formula is C18H18N2S. The zero-order chi connectivity index (χ0) is 14.5. The normalized spacial score (nSPS) is 10.5. The third-order valence-corrected chi connectivity index (χ3v) is 4.53. The Hall–Kier alpha value is -2.13. The van der Waals surface area contributed by atoms with E-state index in [1.165, 1.54) is 27.3 Å². The molecule has 0 fully saturated rings. The number of thiophene rings is 1. The van der Waals surface area contributed by atoms with Crippen LogP contribution in [0.1, 0.15) is 18.1 Å². The molecular weight excluding hydrogens is 276 g/mol. The van der Waals surface area contributed by atoms with Crippen LogP contribution in [0.5, 0.6) is 0 Å². The summed E-state index contributed by atoms with van der Waals surface area (Å²) in [6.45, 7) is 3.07. The quantitative estimate of drug-likeness (QED) is 0.717. The van der Waals surface area contributed by atoms with Gasteiger partial charge < -0.3 is 5.32 Å². The van der Waals surface area contributed by atoms with Gasteiger partial charge in [0.1, 0.15) is 0 Å². The van der Waals surface area contributed by atoms with E-state index in [1.807, 2.05) is 24.5 Å². The molecule has 106 valence electrons. The first-order chi connectivity index (χ1) is 10.4. The second kappa shape index (κ2) is 6.55. The van der Waals surface area contributed by atoms with Crippen molar-refractivity contribution in [3.05, 3.63) is 71.4 Å². The molecule has 1 aromatic carbocycles. The lowest BCUT2D eigenvalue weighted by Gasteiger charge is -2.08. The first-order valence-corrected chi connectivity index (χ1v) is 8.04. The minimum Gasteiger partial charge on any atom is -0.380 e. The Kier molecular flexibility index (Phi) is 4.31. The fraction of sp³-hybridized carbons (Fsp3) is 0.167. The molecule has 3 rings (SSSR count). The van der Waals surface area contributed by atoms with Gasteiger partial charge in [-0.2, -0.15) is 0 Å². The third kappa shape index (κ3) is 3.31. The Bertz CT molecular complexity index is 704. The van der Waals surface area contributed by atoms with Gasteiger partial charge in [0.15, 0.2) is 0 Å². The molecule has 0 amide bonds. The summed E-state index contributed by atoms with van der Waals surface area (Å²) in [5.74, 6) is 0. The highest BCUT2D eigenvalue weighted by molar-refractivity contribution is 7.14. The van der Waals surface area contributed by atoms with Crippen molar-refractivity contribution in [2.75, 3.05) is 5.32 Å². The number of anilines is 1. The fourth-order valence-corrected chi connectivity index (χ4v) is 3.24. The Morgan fingerprint density at radius 1 is 1.05 bits per heavy atom. The molecule has 0 atom stereocenters. The monoisotopic (exact) mass is 294 g/mol. The average molecular weight is 294 g/mol. The van der Waals surface area contributed by atoms with E-state index in [-0.39, 0.29) is 0 Å². The summed E-state index contributed by atoms with van der Waals surface area (Å²) in [7, 11) is 0. The molecule has 0 spiro atoms. The van der Waals surface area contributed by atoms with Crippen molar-refractivity contribution in [2.24, 2.45) is 0 Å². The van der Waals surface area contributed by atoms with Crippen LogP contribution in [0.15, 0.2) is 60.2 Å². The topological polar surface area (TPSA) is 24.9 Å². The molecule has 0 aliphatic heterocycles. The van der Waals surface area contributed by atoms with Gasteiger partial charge in [-0.15, -0.1) is 11.3 Å². The van der Waals surface area contributed by atoms with E-state index in [9.17, 15) is 0 Å². The van der Waals surface area contributed by atoms with Crippen LogP contribution >= 0.6 is 11.3 Å². The highest BCUT2D eigenvalue weighted by atomic mass is 32.1. The van der Waals surface area contributed by atoms with Crippen molar-refractivity contribution < 1.29 is 0 Å². The van der Waals surface area contributed by atoms with Crippen molar-refractivity contribution in [2.45, 2.75) is 19.9 Å². The summed E-state index contributed by atoms with van der Waals surface area (Å²) in [4.78, 5) is 5.33. The molecule has 0 saturated carbocycles. The number of pyridine rings is 1. The van der Waals surface area contributed by atoms with Gasteiger partial charge in [-0.25, -0.2) is 0 Å². The van der Waals surface area contributed by atoms with Gasteiger partial charge >= 0.3 is 0 Å². The van der Waals surface area contributed by atoms with Crippen LogP contribution in [0.25, 0.3) is 10.4 Å². The largest absolute Gasteiger partial charge is 0.380 e. The summed E-state index contributed by atoms with van der Waals surface area (Å²) in [5, 5.41) is 5.69. The fourth-order valence-electron chi connectivity index (χ4n) is 2.37. The Morgan fingerprint density at radius 2 is 1.81 bits per heavy atom. The molecule has 3 aromatic rings.